The van der Waals surface area contributed by atoms with Crippen LogP contribution in [-0.2, 0) is 4.79 Å². The number of carbonyl (C=O) groups excluding carboxylic acids is 1. The van der Waals surface area contributed by atoms with E-state index in [1.807, 2.05) is 6.92 Å². The lowest BCUT2D eigenvalue weighted by atomic mass is 10.2. The largest absolute Gasteiger partial charge is 0.309 e. The van der Waals surface area contributed by atoms with Gasteiger partial charge >= 0.3 is 0 Å². The minimum Gasteiger partial charge on any atom is -0.309 e. The van der Waals surface area contributed by atoms with E-state index >= 15 is 0 Å². The summed E-state index contributed by atoms with van der Waals surface area (Å²) in [5.41, 5.74) is 0.800. The van der Waals surface area contributed by atoms with Crippen molar-refractivity contribution in [3.05, 3.63) is 18.2 Å². The molecule has 1 aromatic heterocycles. The maximum absolute atomic E-state index is 11.7. The molecule has 80 valence electrons. The van der Waals surface area contributed by atoms with Gasteiger partial charge in [0, 0.05) is 18.3 Å². The lowest BCUT2D eigenvalue weighted by Gasteiger charge is -2.15. The second kappa shape index (κ2) is 4.26. The van der Waals surface area contributed by atoms with Gasteiger partial charge in [0.25, 0.3) is 0 Å². The van der Waals surface area contributed by atoms with E-state index in [9.17, 15) is 4.79 Å². The van der Waals surface area contributed by atoms with Crippen molar-refractivity contribution >= 4 is 27.5 Å². The van der Waals surface area contributed by atoms with Gasteiger partial charge in [-0.15, -0.1) is 0 Å². The summed E-state index contributed by atoms with van der Waals surface area (Å²) < 4.78 is 0. The molecule has 1 aliphatic rings. The van der Waals surface area contributed by atoms with Crippen molar-refractivity contribution in [2.45, 2.75) is 13.3 Å². The predicted octanol–water partition coefficient (Wildman–Crippen LogP) is 1.53. The van der Waals surface area contributed by atoms with Gasteiger partial charge < -0.3 is 4.90 Å². The number of aryl methyl sites for hydroxylation is 1. The van der Waals surface area contributed by atoms with E-state index < -0.39 is 0 Å². The molecular formula is C10H12BrN3O. The lowest BCUT2D eigenvalue weighted by molar-refractivity contribution is -0.117. The van der Waals surface area contributed by atoms with Gasteiger partial charge in [-0.1, -0.05) is 15.9 Å². The molecule has 0 N–H and O–H groups in total. The van der Waals surface area contributed by atoms with Gasteiger partial charge in [0.05, 0.1) is 18.1 Å². The van der Waals surface area contributed by atoms with Crippen LogP contribution in [0.25, 0.3) is 0 Å². The first-order valence-corrected chi connectivity index (χ1v) is 5.98. The second-order valence-electron chi connectivity index (χ2n) is 3.72. The molecule has 0 aliphatic carbocycles. The molecule has 5 heteroatoms. The fourth-order valence-corrected chi connectivity index (χ4v) is 2.09. The summed E-state index contributed by atoms with van der Waals surface area (Å²) in [6.45, 7) is 2.59. The second-order valence-corrected chi connectivity index (χ2v) is 4.36. The molecule has 1 aliphatic heterocycles. The molecule has 1 amide bonds. The van der Waals surface area contributed by atoms with Crippen molar-refractivity contribution in [3.8, 4) is 0 Å². The van der Waals surface area contributed by atoms with Crippen LogP contribution in [0.15, 0.2) is 12.4 Å². The Balaban J connectivity index is 2.18. The van der Waals surface area contributed by atoms with Gasteiger partial charge in [-0.25, -0.2) is 9.97 Å². The van der Waals surface area contributed by atoms with E-state index in [0.29, 0.717) is 12.3 Å². The van der Waals surface area contributed by atoms with Crippen LogP contribution in [0.5, 0.6) is 0 Å². The van der Waals surface area contributed by atoms with Crippen molar-refractivity contribution in [2.75, 3.05) is 16.8 Å². The Morgan fingerprint density at radius 2 is 2.20 bits per heavy atom. The first-order valence-electron chi connectivity index (χ1n) is 4.85. The number of alkyl halides is 1. The molecule has 1 atom stereocenters. The maximum Gasteiger partial charge on any atom is 0.227 e. The standard InChI is InChI=1S/C10H12BrN3O/c1-7-12-4-9(5-13-7)14-6-8(3-11)2-10(14)15/h4-5,8H,2-3,6H2,1H3. The Morgan fingerprint density at radius 3 is 2.73 bits per heavy atom. The molecule has 0 spiro atoms. The number of nitrogens with zero attached hydrogens (tertiary/aromatic N) is 3. The van der Waals surface area contributed by atoms with Gasteiger partial charge in [0.1, 0.15) is 5.82 Å². The zero-order chi connectivity index (χ0) is 10.8. The number of carbonyl (C=O) groups is 1. The Kier molecular flexibility index (Phi) is 3.00. The molecule has 1 saturated heterocycles. The van der Waals surface area contributed by atoms with Crippen molar-refractivity contribution < 1.29 is 4.79 Å². The third-order valence-corrected chi connectivity index (χ3v) is 3.42. The molecule has 1 fully saturated rings. The van der Waals surface area contributed by atoms with Crippen molar-refractivity contribution in [1.29, 1.82) is 0 Å². The van der Waals surface area contributed by atoms with Crippen molar-refractivity contribution in [2.24, 2.45) is 5.92 Å². The Labute approximate surface area is 96.8 Å². The third kappa shape index (κ3) is 2.17. The SMILES string of the molecule is Cc1ncc(N2CC(CBr)CC2=O)cn1. The zero-order valence-electron chi connectivity index (χ0n) is 8.48. The first kappa shape index (κ1) is 10.5. The molecule has 1 aromatic rings. The normalized spacial score (nSPS) is 21.1. The van der Waals surface area contributed by atoms with E-state index in [-0.39, 0.29) is 5.91 Å². The monoisotopic (exact) mass is 269 g/mol. The quantitative estimate of drug-likeness (QED) is 0.766. The maximum atomic E-state index is 11.7. The number of amides is 1. The summed E-state index contributed by atoms with van der Waals surface area (Å²) in [4.78, 5) is 21.6. The van der Waals surface area contributed by atoms with Crippen LogP contribution in [0.4, 0.5) is 5.69 Å². The number of aromatic nitrogens is 2. The lowest BCUT2D eigenvalue weighted by Crippen LogP contribution is -2.25. The Morgan fingerprint density at radius 1 is 1.53 bits per heavy atom. The third-order valence-electron chi connectivity index (χ3n) is 2.50. The molecule has 2 heterocycles. The smallest absolute Gasteiger partial charge is 0.227 e. The summed E-state index contributed by atoms with van der Waals surface area (Å²) in [5, 5.41) is 0.863. The van der Waals surface area contributed by atoms with Gasteiger partial charge in [-0.2, -0.15) is 0 Å². The molecule has 0 radical (unpaired) electrons. The fourth-order valence-electron chi connectivity index (χ4n) is 1.66. The molecule has 1 unspecified atom stereocenters. The molecule has 4 nitrogen and oxygen atoms in total. The van der Waals surface area contributed by atoms with Crippen LogP contribution in [-0.4, -0.2) is 27.7 Å². The molecule has 2 rings (SSSR count). The molecule has 0 aromatic carbocycles. The summed E-state index contributed by atoms with van der Waals surface area (Å²) in [6.07, 6.45) is 4.02. The van der Waals surface area contributed by atoms with Crippen molar-refractivity contribution in [1.82, 2.24) is 9.97 Å². The fraction of sp³-hybridized carbons (Fsp3) is 0.500. The van der Waals surface area contributed by atoms with Crippen LogP contribution < -0.4 is 4.90 Å². The van der Waals surface area contributed by atoms with Gasteiger partial charge in [-0.3, -0.25) is 4.79 Å². The van der Waals surface area contributed by atoms with Crippen LogP contribution >= 0.6 is 15.9 Å². The highest BCUT2D eigenvalue weighted by molar-refractivity contribution is 9.09. The van der Waals surface area contributed by atoms with Gasteiger partial charge in [0.15, 0.2) is 0 Å². The highest BCUT2D eigenvalue weighted by atomic mass is 79.9. The van der Waals surface area contributed by atoms with Crippen molar-refractivity contribution in [3.63, 3.8) is 0 Å². The van der Waals surface area contributed by atoms with E-state index in [1.54, 1.807) is 17.3 Å². The molecule has 0 bridgehead atoms. The number of anilines is 1. The van der Waals surface area contributed by atoms with Gasteiger partial charge in [0.2, 0.25) is 5.91 Å². The number of hydrogen-bond donors (Lipinski definition) is 0. The van der Waals surface area contributed by atoms with Crippen LogP contribution in [0.3, 0.4) is 0 Å². The summed E-state index contributed by atoms with van der Waals surface area (Å²) in [6, 6.07) is 0. The molecular weight excluding hydrogens is 258 g/mol. The van der Waals surface area contributed by atoms with E-state index in [1.165, 1.54) is 0 Å². The van der Waals surface area contributed by atoms with Crippen LogP contribution in [0.1, 0.15) is 12.2 Å². The summed E-state index contributed by atoms with van der Waals surface area (Å²) in [5.74, 6) is 1.29. The minimum atomic E-state index is 0.159. The molecule has 0 saturated carbocycles. The van der Waals surface area contributed by atoms with E-state index in [2.05, 4.69) is 25.9 Å². The highest BCUT2D eigenvalue weighted by Crippen LogP contribution is 2.24. The molecule has 15 heavy (non-hydrogen) atoms. The number of halogens is 1. The zero-order valence-corrected chi connectivity index (χ0v) is 10.1. The Hall–Kier alpha value is -0.970. The van der Waals surface area contributed by atoms with E-state index in [0.717, 1.165) is 23.4 Å². The van der Waals surface area contributed by atoms with E-state index in [4.69, 9.17) is 0 Å². The van der Waals surface area contributed by atoms with Crippen LogP contribution in [0, 0.1) is 12.8 Å². The average molecular weight is 270 g/mol. The van der Waals surface area contributed by atoms with Crippen LogP contribution in [0.2, 0.25) is 0 Å². The first-order chi connectivity index (χ1) is 7.20. The minimum absolute atomic E-state index is 0.159. The number of hydrogen-bond acceptors (Lipinski definition) is 3. The summed E-state index contributed by atoms with van der Waals surface area (Å²) >= 11 is 3.41. The topological polar surface area (TPSA) is 46.1 Å². The average Bonchev–Trinajstić information content (AvgIpc) is 2.61. The Bertz CT molecular complexity index is 365. The predicted molar refractivity (Wildman–Crippen MR) is 61.0 cm³/mol. The number of rotatable bonds is 2. The highest BCUT2D eigenvalue weighted by Gasteiger charge is 2.29. The summed E-state index contributed by atoms with van der Waals surface area (Å²) in [7, 11) is 0. The van der Waals surface area contributed by atoms with Gasteiger partial charge in [-0.05, 0) is 12.8 Å².